The van der Waals surface area contributed by atoms with E-state index < -0.39 is 0 Å². The average molecular weight is 389 g/mol. The van der Waals surface area contributed by atoms with E-state index in [1.807, 2.05) is 73.6 Å². The van der Waals surface area contributed by atoms with Gasteiger partial charge < -0.3 is 9.64 Å². The Morgan fingerprint density at radius 2 is 1.93 bits per heavy atom. The van der Waals surface area contributed by atoms with Crippen molar-refractivity contribution in [3.05, 3.63) is 71.8 Å². The molecule has 0 unspecified atom stereocenters. The van der Waals surface area contributed by atoms with E-state index in [4.69, 9.17) is 4.74 Å². The molecule has 0 bridgehead atoms. The summed E-state index contributed by atoms with van der Waals surface area (Å²) in [6, 6.07) is 19.5. The van der Waals surface area contributed by atoms with Crippen LogP contribution in [0.5, 0.6) is 5.75 Å². The summed E-state index contributed by atoms with van der Waals surface area (Å²) in [6.45, 7) is 2.78. The third-order valence-electron chi connectivity index (χ3n) is 4.67. The summed E-state index contributed by atoms with van der Waals surface area (Å²) in [5.41, 5.74) is 5.01. The Bertz CT molecular complexity index is 1010. The third-order valence-corrected chi connectivity index (χ3v) is 4.67. The molecule has 0 saturated heterocycles. The molecule has 1 N–H and O–H groups in total. The van der Waals surface area contributed by atoms with Crippen molar-refractivity contribution in [1.29, 1.82) is 0 Å². The highest BCUT2D eigenvalue weighted by molar-refractivity contribution is 6.03. The van der Waals surface area contributed by atoms with E-state index in [2.05, 4.69) is 17.5 Å². The molecule has 0 saturated carbocycles. The molecule has 1 amide bonds. The van der Waals surface area contributed by atoms with Crippen molar-refractivity contribution in [2.45, 2.75) is 19.8 Å². The molecule has 150 valence electrons. The van der Waals surface area contributed by atoms with Crippen LogP contribution in [0.3, 0.4) is 0 Å². The number of nitrogens with zero attached hydrogens (tertiary/aromatic N) is 2. The van der Waals surface area contributed by atoms with E-state index in [0.29, 0.717) is 12.2 Å². The van der Waals surface area contributed by atoms with Crippen LogP contribution < -0.4 is 15.1 Å². The first kappa shape index (κ1) is 20.4. The second-order valence-electron chi connectivity index (χ2n) is 7.04. The predicted octanol–water partition coefficient (Wildman–Crippen LogP) is 4.85. The molecule has 29 heavy (non-hydrogen) atoms. The number of unbranched alkanes of at least 4 members (excludes halogenated alkanes) is 1. The van der Waals surface area contributed by atoms with Gasteiger partial charge >= 0.3 is 0 Å². The zero-order valence-electron chi connectivity index (χ0n) is 17.2. The topological polar surface area (TPSA) is 53.9 Å². The molecule has 3 aromatic rings. The summed E-state index contributed by atoms with van der Waals surface area (Å²) in [6.07, 6.45) is 3.72. The Kier molecular flexibility index (Phi) is 6.85. The van der Waals surface area contributed by atoms with Crippen molar-refractivity contribution in [3.63, 3.8) is 0 Å². The fourth-order valence-corrected chi connectivity index (χ4v) is 3.01. The number of anilines is 1. The third kappa shape index (κ3) is 5.13. The number of hydrogen-bond donors (Lipinski definition) is 1. The minimum absolute atomic E-state index is 0.251. The fraction of sp³-hybridized carbons (Fsp3) is 0.250. The van der Waals surface area contributed by atoms with Crippen LogP contribution in [0.25, 0.3) is 10.8 Å². The Morgan fingerprint density at radius 1 is 1.10 bits per heavy atom. The standard InChI is InChI=1S/C24H27N3O2/c1-4-5-15-29-23-14-13-18-9-6-7-12-21(18)22(23)17-25-26-24(28)19-10-8-11-20(16-19)27(2)3/h6-14,16-17H,4-5,15H2,1-3H3,(H,26,28)/b25-17-. The van der Waals surface area contributed by atoms with Crippen molar-refractivity contribution in [2.24, 2.45) is 5.10 Å². The van der Waals surface area contributed by atoms with E-state index in [1.54, 1.807) is 12.3 Å². The monoisotopic (exact) mass is 389 g/mol. The molecule has 0 atom stereocenters. The number of hydrazone groups is 1. The van der Waals surface area contributed by atoms with Crippen molar-refractivity contribution in [2.75, 3.05) is 25.6 Å². The zero-order chi connectivity index (χ0) is 20.6. The SMILES string of the molecule is CCCCOc1ccc2ccccc2c1/C=N\NC(=O)c1cccc(N(C)C)c1. The maximum atomic E-state index is 12.5. The molecule has 0 aliphatic rings. The summed E-state index contributed by atoms with van der Waals surface area (Å²) < 4.78 is 5.96. The van der Waals surface area contributed by atoms with Gasteiger partial charge in [0.25, 0.3) is 5.91 Å². The van der Waals surface area contributed by atoms with Crippen LogP contribution in [0.4, 0.5) is 5.69 Å². The number of ether oxygens (including phenoxy) is 1. The van der Waals surface area contributed by atoms with Gasteiger partial charge in [-0.05, 0) is 41.5 Å². The highest BCUT2D eigenvalue weighted by Gasteiger charge is 2.09. The maximum absolute atomic E-state index is 12.5. The lowest BCUT2D eigenvalue weighted by atomic mass is 10.0. The number of carbonyl (C=O) groups excluding carboxylic acids is 1. The van der Waals surface area contributed by atoms with Gasteiger partial charge in [0.05, 0.1) is 12.8 Å². The van der Waals surface area contributed by atoms with Crippen LogP contribution in [0.2, 0.25) is 0 Å². The molecular weight excluding hydrogens is 362 g/mol. The molecule has 3 aromatic carbocycles. The molecule has 0 spiro atoms. The first-order valence-electron chi connectivity index (χ1n) is 9.85. The molecule has 0 radical (unpaired) electrons. The summed E-state index contributed by atoms with van der Waals surface area (Å²) in [5, 5.41) is 6.35. The van der Waals surface area contributed by atoms with Gasteiger partial charge in [-0.1, -0.05) is 49.7 Å². The number of nitrogens with one attached hydrogen (secondary N) is 1. The van der Waals surface area contributed by atoms with E-state index in [9.17, 15) is 4.79 Å². The van der Waals surface area contributed by atoms with Gasteiger partial charge in [0.1, 0.15) is 5.75 Å². The quantitative estimate of drug-likeness (QED) is 0.340. The van der Waals surface area contributed by atoms with Crippen molar-refractivity contribution >= 4 is 28.6 Å². The zero-order valence-corrected chi connectivity index (χ0v) is 17.2. The van der Waals surface area contributed by atoms with Gasteiger partial charge in [0, 0.05) is 30.9 Å². The molecule has 0 aliphatic carbocycles. The normalized spacial score (nSPS) is 11.0. The Balaban J connectivity index is 1.82. The second kappa shape index (κ2) is 9.73. The number of fused-ring (bicyclic) bond motifs is 1. The fourth-order valence-electron chi connectivity index (χ4n) is 3.01. The van der Waals surface area contributed by atoms with Crippen LogP contribution in [-0.4, -0.2) is 32.8 Å². The summed E-state index contributed by atoms with van der Waals surface area (Å²) >= 11 is 0. The van der Waals surface area contributed by atoms with E-state index in [0.717, 1.165) is 40.6 Å². The molecule has 0 fully saturated rings. The molecule has 3 rings (SSSR count). The number of carbonyl (C=O) groups is 1. The summed E-state index contributed by atoms with van der Waals surface area (Å²) in [4.78, 5) is 14.4. The Hall–Kier alpha value is -3.34. The van der Waals surface area contributed by atoms with Crippen LogP contribution in [-0.2, 0) is 0 Å². The molecular formula is C24H27N3O2. The minimum atomic E-state index is -0.251. The molecule has 0 heterocycles. The van der Waals surface area contributed by atoms with E-state index in [-0.39, 0.29) is 5.91 Å². The first-order valence-corrected chi connectivity index (χ1v) is 9.85. The first-order chi connectivity index (χ1) is 14.1. The average Bonchev–Trinajstić information content (AvgIpc) is 2.74. The van der Waals surface area contributed by atoms with E-state index in [1.165, 1.54) is 0 Å². The summed E-state index contributed by atoms with van der Waals surface area (Å²) in [7, 11) is 3.88. The number of amides is 1. The van der Waals surface area contributed by atoms with Crippen LogP contribution in [0.15, 0.2) is 65.8 Å². The van der Waals surface area contributed by atoms with Crippen LogP contribution >= 0.6 is 0 Å². The lowest BCUT2D eigenvalue weighted by Gasteiger charge is -2.13. The largest absolute Gasteiger partial charge is 0.493 e. The predicted molar refractivity (Wildman–Crippen MR) is 120 cm³/mol. The van der Waals surface area contributed by atoms with Gasteiger partial charge in [-0.15, -0.1) is 0 Å². The van der Waals surface area contributed by atoms with Crippen molar-refractivity contribution in [3.8, 4) is 5.75 Å². The Labute approximate surface area is 172 Å². The van der Waals surface area contributed by atoms with Crippen LogP contribution in [0.1, 0.15) is 35.7 Å². The van der Waals surface area contributed by atoms with Crippen LogP contribution in [0, 0.1) is 0 Å². The molecule has 0 aliphatic heterocycles. The maximum Gasteiger partial charge on any atom is 0.271 e. The second-order valence-corrected chi connectivity index (χ2v) is 7.04. The van der Waals surface area contributed by atoms with Crippen molar-refractivity contribution < 1.29 is 9.53 Å². The number of hydrogen-bond acceptors (Lipinski definition) is 4. The van der Waals surface area contributed by atoms with Gasteiger partial charge in [0.15, 0.2) is 0 Å². The summed E-state index contributed by atoms with van der Waals surface area (Å²) in [5.74, 6) is 0.517. The van der Waals surface area contributed by atoms with E-state index >= 15 is 0 Å². The molecule has 0 aromatic heterocycles. The minimum Gasteiger partial charge on any atom is -0.493 e. The highest BCUT2D eigenvalue weighted by atomic mass is 16.5. The van der Waals surface area contributed by atoms with Gasteiger partial charge in [-0.2, -0.15) is 5.10 Å². The highest BCUT2D eigenvalue weighted by Crippen LogP contribution is 2.27. The number of rotatable bonds is 8. The van der Waals surface area contributed by atoms with Gasteiger partial charge in [-0.25, -0.2) is 5.43 Å². The molecule has 5 heteroatoms. The van der Waals surface area contributed by atoms with Gasteiger partial charge in [0.2, 0.25) is 0 Å². The lowest BCUT2D eigenvalue weighted by Crippen LogP contribution is -2.18. The lowest BCUT2D eigenvalue weighted by molar-refractivity contribution is 0.0955. The molecule has 5 nitrogen and oxygen atoms in total. The Morgan fingerprint density at radius 3 is 2.72 bits per heavy atom. The smallest absolute Gasteiger partial charge is 0.271 e. The van der Waals surface area contributed by atoms with Crippen molar-refractivity contribution in [1.82, 2.24) is 5.43 Å². The van der Waals surface area contributed by atoms with Gasteiger partial charge in [-0.3, -0.25) is 4.79 Å². The number of benzene rings is 3.